The van der Waals surface area contributed by atoms with E-state index >= 15 is 0 Å². The Balaban J connectivity index is 2.05. The summed E-state index contributed by atoms with van der Waals surface area (Å²) in [6.07, 6.45) is 1.75. The molecule has 3 heterocycles. The smallest absolute Gasteiger partial charge is 0.207 e. The van der Waals surface area contributed by atoms with Crippen LogP contribution in [-0.4, -0.2) is 20.5 Å². The van der Waals surface area contributed by atoms with Crippen LogP contribution in [0.3, 0.4) is 0 Å². The number of nitrogens with zero attached hydrogens (tertiary/aromatic N) is 4. The number of rotatable bonds is 0. The summed E-state index contributed by atoms with van der Waals surface area (Å²) in [6, 6.07) is 11.6. The molecule has 0 radical (unpaired) electrons. The predicted molar refractivity (Wildman–Crippen MR) is 74.8 cm³/mol. The molecule has 6 heteroatoms. The van der Waals surface area contributed by atoms with Crippen molar-refractivity contribution in [3.63, 3.8) is 0 Å². The number of fused-ring (bicyclic) bond motifs is 4. The largest absolute Gasteiger partial charge is 0.369 e. The minimum atomic E-state index is 0.419. The Morgan fingerprint density at radius 1 is 1.11 bits per heavy atom. The highest BCUT2D eigenvalue weighted by Gasteiger charge is 2.20. The highest BCUT2D eigenvalue weighted by Crippen LogP contribution is 2.36. The molecule has 2 N–H and O–H groups in total. The van der Waals surface area contributed by atoms with Gasteiger partial charge in [0, 0.05) is 6.20 Å². The van der Waals surface area contributed by atoms with Gasteiger partial charge in [-0.2, -0.15) is 0 Å². The third-order valence-electron chi connectivity index (χ3n) is 2.93. The van der Waals surface area contributed by atoms with E-state index in [4.69, 9.17) is 5.73 Å². The maximum absolute atomic E-state index is 6.10. The number of pyridine rings is 1. The number of hydrogen-bond acceptors (Lipinski definition) is 5. The van der Waals surface area contributed by atoms with Gasteiger partial charge < -0.3 is 5.73 Å². The van der Waals surface area contributed by atoms with Crippen molar-refractivity contribution >= 4 is 34.4 Å². The summed E-state index contributed by atoms with van der Waals surface area (Å²) < 4.78 is 1.86. The van der Waals surface area contributed by atoms with E-state index in [-0.39, 0.29) is 0 Å². The van der Waals surface area contributed by atoms with Crippen LogP contribution in [0.2, 0.25) is 0 Å². The lowest BCUT2D eigenvalue weighted by Crippen LogP contribution is -2.21. The Kier molecular flexibility index (Phi) is 2.13. The lowest BCUT2D eigenvalue weighted by Gasteiger charge is -2.02. The van der Waals surface area contributed by atoms with Crippen LogP contribution in [0.25, 0.3) is 11.0 Å². The van der Waals surface area contributed by atoms with E-state index in [1.54, 1.807) is 6.20 Å². The Morgan fingerprint density at radius 3 is 2.95 bits per heavy atom. The predicted octanol–water partition coefficient (Wildman–Crippen LogP) is 2.39. The van der Waals surface area contributed by atoms with Crippen molar-refractivity contribution in [2.75, 3.05) is 0 Å². The quantitative estimate of drug-likeness (QED) is 0.679. The lowest BCUT2D eigenvalue weighted by molar-refractivity contribution is 0.958. The van der Waals surface area contributed by atoms with Crippen molar-refractivity contribution in [2.45, 2.75) is 10.2 Å². The first-order valence-corrected chi connectivity index (χ1v) is 6.59. The van der Waals surface area contributed by atoms with E-state index < -0.39 is 0 Å². The molecule has 0 unspecified atom stereocenters. The average molecular weight is 267 g/mol. The van der Waals surface area contributed by atoms with Gasteiger partial charge in [-0.25, -0.2) is 15.0 Å². The molecule has 1 aromatic carbocycles. The standard InChI is InChI=1S/C13H9N5S/c14-12-16-9-5-3-7-15-11(9)19-13-17-8-4-1-2-6-10(8)18(12)13/h1-7H,(H2,14,16). The molecule has 0 saturated carbocycles. The van der Waals surface area contributed by atoms with Gasteiger partial charge in [0.05, 0.1) is 16.7 Å². The van der Waals surface area contributed by atoms with Gasteiger partial charge in [0.15, 0.2) is 5.16 Å². The van der Waals surface area contributed by atoms with E-state index in [0.717, 1.165) is 26.9 Å². The van der Waals surface area contributed by atoms with Crippen molar-refractivity contribution in [2.24, 2.45) is 10.7 Å². The third-order valence-corrected chi connectivity index (χ3v) is 3.90. The summed E-state index contributed by atoms with van der Waals surface area (Å²) in [4.78, 5) is 13.4. The van der Waals surface area contributed by atoms with Crippen molar-refractivity contribution in [1.29, 1.82) is 0 Å². The molecule has 0 spiro atoms. The highest BCUT2D eigenvalue weighted by atomic mass is 32.2. The first kappa shape index (κ1) is 10.6. The summed E-state index contributed by atoms with van der Waals surface area (Å²) in [5, 5.41) is 1.61. The summed E-state index contributed by atoms with van der Waals surface area (Å²) in [6.45, 7) is 0. The zero-order chi connectivity index (χ0) is 12.8. The number of aliphatic imine (C=N–C) groups is 1. The molecule has 3 aromatic rings. The molecular weight excluding hydrogens is 258 g/mol. The molecule has 0 fully saturated rings. The lowest BCUT2D eigenvalue weighted by atomic mass is 10.3. The maximum Gasteiger partial charge on any atom is 0.207 e. The van der Waals surface area contributed by atoms with Crippen LogP contribution in [0, 0.1) is 0 Å². The molecule has 0 saturated heterocycles. The zero-order valence-corrected chi connectivity index (χ0v) is 10.6. The topological polar surface area (TPSA) is 69.1 Å². The fraction of sp³-hybridized carbons (Fsp3) is 0. The Labute approximate surface area is 113 Å². The second kappa shape index (κ2) is 3.83. The summed E-state index contributed by atoms with van der Waals surface area (Å²) in [7, 11) is 0. The fourth-order valence-electron chi connectivity index (χ4n) is 2.10. The molecule has 5 nitrogen and oxygen atoms in total. The van der Waals surface area contributed by atoms with Crippen LogP contribution in [0.5, 0.6) is 0 Å². The molecule has 2 aromatic heterocycles. The Hall–Kier alpha value is -2.34. The van der Waals surface area contributed by atoms with Gasteiger partial charge in [0.1, 0.15) is 5.03 Å². The molecule has 0 aliphatic carbocycles. The van der Waals surface area contributed by atoms with Crippen LogP contribution < -0.4 is 5.73 Å². The molecule has 19 heavy (non-hydrogen) atoms. The number of hydrogen-bond donors (Lipinski definition) is 1. The molecule has 92 valence electrons. The van der Waals surface area contributed by atoms with Crippen molar-refractivity contribution in [1.82, 2.24) is 14.5 Å². The summed E-state index contributed by atoms with van der Waals surface area (Å²) in [5.74, 6) is 0.419. The van der Waals surface area contributed by atoms with Crippen molar-refractivity contribution in [3.05, 3.63) is 42.6 Å². The molecule has 4 rings (SSSR count). The molecule has 0 bridgehead atoms. The maximum atomic E-state index is 6.10. The van der Waals surface area contributed by atoms with Gasteiger partial charge in [0.25, 0.3) is 0 Å². The van der Waals surface area contributed by atoms with Crippen LogP contribution >= 0.6 is 11.8 Å². The molecule has 0 amide bonds. The van der Waals surface area contributed by atoms with E-state index in [9.17, 15) is 0 Å². The minimum absolute atomic E-state index is 0.419. The van der Waals surface area contributed by atoms with E-state index in [1.807, 2.05) is 41.0 Å². The number of imidazole rings is 1. The van der Waals surface area contributed by atoms with Gasteiger partial charge in [-0.3, -0.25) is 4.57 Å². The van der Waals surface area contributed by atoms with Gasteiger partial charge in [-0.05, 0) is 36.0 Å². The molecule has 0 atom stereocenters. The number of benzene rings is 1. The van der Waals surface area contributed by atoms with Crippen LogP contribution in [0.4, 0.5) is 5.69 Å². The second-order valence-corrected chi connectivity index (χ2v) is 5.07. The van der Waals surface area contributed by atoms with Gasteiger partial charge in [0.2, 0.25) is 5.96 Å². The van der Waals surface area contributed by atoms with E-state index in [0.29, 0.717) is 5.96 Å². The SMILES string of the molecule is NC1=Nc2cccnc2Sc2nc3ccccc3n21. The van der Waals surface area contributed by atoms with Crippen LogP contribution in [0.15, 0.2) is 57.8 Å². The monoisotopic (exact) mass is 267 g/mol. The average Bonchev–Trinajstić information content (AvgIpc) is 2.72. The van der Waals surface area contributed by atoms with Gasteiger partial charge in [-0.1, -0.05) is 12.1 Å². The van der Waals surface area contributed by atoms with Crippen LogP contribution in [-0.2, 0) is 0 Å². The van der Waals surface area contributed by atoms with Crippen molar-refractivity contribution in [3.8, 4) is 0 Å². The first-order valence-electron chi connectivity index (χ1n) is 5.78. The van der Waals surface area contributed by atoms with Gasteiger partial charge in [-0.15, -0.1) is 0 Å². The molecular formula is C13H9N5S. The molecule has 1 aliphatic heterocycles. The third kappa shape index (κ3) is 1.53. The van der Waals surface area contributed by atoms with E-state index in [2.05, 4.69) is 15.0 Å². The fourth-order valence-corrected chi connectivity index (χ4v) is 3.03. The van der Waals surface area contributed by atoms with Crippen molar-refractivity contribution < 1.29 is 0 Å². The summed E-state index contributed by atoms with van der Waals surface area (Å²) in [5.41, 5.74) is 8.74. The van der Waals surface area contributed by atoms with E-state index in [1.165, 1.54) is 11.8 Å². The van der Waals surface area contributed by atoms with Crippen LogP contribution in [0.1, 0.15) is 0 Å². The number of nitrogens with two attached hydrogens (primary N) is 1. The highest BCUT2D eigenvalue weighted by molar-refractivity contribution is 7.99. The second-order valence-electron chi connectivity index (χ2n) is 4.12. The zero-order valence-electron chi connectivity index (χ0n) is 9.82. The normalized spacial score (nSPS) is 13.6. The Bertz CT molecular complexity index is 821. The Morgan fingerprint density at radius 2 is 2.00 bits per heavy atom. The minimum Gasteiger partial charge on any atom is -0.369 e. The van der Waals surface area contributed by atoms with Gasteiger partial charge >= 0.3 is 0 Å². The number of aromatic nitrogens is 3. The number of para-hydroxylation sites is 2. The first-order chi connectivity index (χ1) is 9.33. The molecule has 1 aliphatic rings. The summed E-state index contributed by atoms with van der Waals surface area (Å²) >= 11 is 1.48.